The molecule has 2 rings (SSSR count). The third-order valence-corrected chi connectivity index (χ3v) is 3.14. The van der Waals surface area contributed by atoms with Crippen LogP contribution in [0.4, 0.5) is 10.5 Å². The lowest BCUT2D eigenvalue weighted by molar-refractivity contribution is 0.229. The van der Waals surface area contributed by atoms with E-state index in [-0.39, 0.29) is 18.7 Å². The van der Waals surface area contributed by atoms with Crippen molar-refractivity contribution in [1.29, 1.82) is 0 Å². The molecular formula is C15H21N3O2. The molecule has 0 aliphatic heterocycles. The molecule has 5 nitrogen and oxygen atoms in total. The molecule has 0 aliphatic rings. The Balaban J connectivity index is 2.10. The van der Waals surface area contributed by atoms with E-state index in [0.29, 0.717) is 0 Å². The van der Waals surface area contributed by atoms with Crippen molar-refractivity contribution < 1.29 is 9.90 Å². The summed E-state index contributed by atoms with van der Waals surface area (Å²) in [4.78, 5) is 11.7. The van der Waals surface area contributed by atoms with E-state index in [1.807, 2.05) is 24.3 Å². The summed E-state index contributed by atoms with van der Waals surface area (Å²) < 4.78 is 2.20. The Morgan fingerprint density at radius 2 is 2.20 bits per heavy atom. The minimum absolute atomic E-state index is 0.0771. The molecule has 0 spiro atoms. The highest BCUT2D eigenvalue weighted by molar-refractivity contribution is 5.93. The fourth-order valence-corrected chi connectivity index (χ4v) is 2.15. The SMILES string of the molecule is CCCn1ccc2cc(NC(=O)NC(C)CO)ccc21. The summed E-state index contributed by atoms with van der Waals surface area (Å²) >= 11 is 0. The normalized spacial score (nSPS) is 12.3. The summed E-state index contributed by atoms with van der Waals surface area (Å²) in [7, 11) is 0. The maximum absolute atomic E-state index is 11.7. The number of aliphatic hydroxyl groups is 1. The Bertz CT molecular complexity index is 592. The van der Waals surface area contributed by atoms with Gasteiger partial charge in [0.25, 0.3) is 0 Å². The summed E-state index contributed by atoms with van der Waals surface area (Å²) in [5, 5.41) is 15.4. The Labute approximate surface area is 118 Å². The summed E-state index contributed by atoms with van der Waals surface area (Å²) in [6, 6.07) is 7.33. The fraction of sp³-hybridized carbons (Fsp3) is 0.400. The second-order valence-electron chi connectivity index (χ2n) is 4.96. The van der Waals surface area contributed by atoms with Crippen LogP contribution in [0.1, 0.15) is 20.3 Å². The molecule has 3 N–H and O–H groups in total. The van der Waals surface area contributed by atoms with Crippen LogP contribution in [0.5, 0.6) is 0 Å². The minimum Gasteiger partial charge on any atom is -0.394 e. The zero-order valence-corrected chi connectivity index (χ0v) is 11.9. The third-order valence-electron chi connectivity index (χ3n) is 3.14. The predicted octanol–water partition coefficient (Wildman–Crippen LogP) is 2.55. The van der Waals surface area contributed by atoms with Gasteiger partial charge in [-0.2, -0.15) is 0 Å². The highest BCUT2D eigenvalue weighted by atomic mass is 16.3. The Morgan fingerprint density at radius 3 is 2.90 bits per heavy atom. The molecule has 5 heteroatoms. The maximum Gasteiger partial charge on any atom is 0.319 e. The molecule has 1 heterocycles. The number of carbonyl (C=O) groups is 1. The molecule has 2 aromatic rings. The molecule has 1 aromatic heterocycles. The molecule has 20 heavy (non-hydrogen) atoms. The van der Waals surface area contributed by atoms with E-state index in [9.17, 15) is 4.79 Å². The van der Waals surface area contributed by atoms with Gasteiger partial charge in [-0.1, -0.05) is 6.92 Å². The van der Waals surface area contributed by atoms with Crippen molar-refractivity contribution in [1.82, 2.24) is 9.88 Å². The van der Waals surface area contributed by atoms with Crippen molar-refractivity contribution >= 4 is 22.6 Å². The van der Waals surface area contributed by atoms with Gasteiger partial charge in [0.1, 0.15) is 0 Å². The number of hydrogen-bond acceptors (Lipinski definition) is 2. The Kier molecular flexibility index (Phi) is 4.63. The molecule has 0 aliphatic carbocycles. The standard InChI is InChI=1S/C15H21N3O2/c1-3-7-18-8-6-12-9-13(4-5-14(12)18)17-15(20)16-11(2)10-19/h4-6,8-9,11,19H,3,7,10H2,1-2H3,(H2,16,17,20). The van der Waals surface area contributed by atoms with Crippen molar-refractivity contribution in [3.05, 3.63) is 30.5 Å². The molecule has 1 aromatic carbocycles. The largest absolute Gasteiger partial charge is 0.394 e. The van der Waals surface area contributed by atoms with Crippen LogP contribution in [0, 0.1) is 0 Å². The summed E-state index contributed by atoms with van der Waals surface area (Å²) in [5.74, 6) is 0. The van der Waals surface area contributed by atoms with E-state index in [0.717, 1.165) is 24.0 Å². The maximum atomic E-state index is 11.7. The number of aromatic nitrogens is 1. The number of benzene rings is 1. The van der Waals surface area contributed by atoms with Crippen molar-refractivity contribution in [3.8, 4) is 0 Å². The van der Waals surface area contributed by atoms with Crippen LogP contribution < -0.4 is 10.6 Å². The van der Waals surface area contributed by atoms with Gasteiger partial charge < -0.3 is 20.3 Å². The van der Waals surface area contributed by atoms with Crippen LogP contribution in [0.2, 0.25) is 0 Å². The molecule has 108 valence electrons. The summed E-state index contributed by atoms with van der Waals surface area (Å²) in [6.07, 6.45) is 3.15. The van der Waals surface area contributed by atoms with Crippen molar-refractivity contribution in [2.75, 3.05) is 11.9 Å². The van der Waals surface area contributed by atoms with Crippen LogP contribution >= 0.6 is 0 Å². The first-order valence-corrected chi connectivity index (χ1v) is 6.91. The van der Waals surface area contributed by atoms with Crippen molar-refractivity contribution in [3.63, 3.8) is 0 Å². The van der Waals surface area contributed by atoms with Gasteiger partial charge in [-0.15, -0.1) is 0 Å². The molecule has 0 bridgehead atoms. The smallest absolute Gasteiger partial charge is 0.319 e. The van der Waals surface area contributed by atoms with Gasteiger partial charge in [0, 0.05) is 29.3 Å². The van der Waals surface area contributed by atoms with E-state index >= 15 is 0 Å². The number of hydrogen-bond donors (Lipinski definition) is 3. The van der Waals surface area contributed by atoms with E-state index in [1.165, 1.54) is 5.52 Å². The highest BCUT2D eigenvalue weighted by Gasteiger charge is 2.07. The van der Waals surface area contributed by atoms with Crippen molar-refractivity contribution in [2.24, 2.45) is 0 Å². The topological polar surface area (TPSA) is 66.3 Å². The number of anilines is 1. The van der Waals surface area contributed by atoms with Gasteiger partial charge in [0.15, 0.2) is 0 Å². The van der Waals surface area contributed by atoms with Gasteiger partial charge in [-0.25, -0.2) is 4.79 Å². The van der Waals surface area contributed by atoms with Crippen LogP contribution in [-0.4, -0.2) is 28.4 Å². The van der Waals surface area contributed by atoms with E-state index in [4.69, 9.17) is 5.11 Å². The van der Waals surface area contributed by atoms with Crippen LogP contribution in [0.25, 0.3) is 10.9 Å². The second kappa shape index (κ2) is 6.43. The van der Waals surface area contributed by atoms with Crippen LogP contribution in [0.3, 0.4) is 0 Å². The van der Waals surface area contributed by atoms with E-state index < -0.39 is 0 Å². The molecule has 0 saturated heterocycles. The first kappa shape index (κ1) is 14.4. The summed E-state index contributed by atoms with van der Waals surface area (Å²) in [6.45, 7) is 4.80. The third kappa shape index (κ3) is 3.30. The predicted molar refractivity (Wildman–Crippen MR) is 80.9 cm³/mol. The molecule has 0 radical (unpaired) electrons. The lowest BCUT2D eigenvalue weighted by atomic mass is 10.2. The van der Waals surface area contributed by atoms with Crippen LogP contribution in [-0.2, 0) is 6.54 Å². The Hall–Kier alpha value is -2.01. The first-order valence-electron chi connectivity index (χ1n) is 6.91. The lowest BCUT2D eigenvalue weighted by Gasteiger charge is -2.12. The number of nitrogens with zero attached hydrogens (tertiary/aromatic N) is 1. The molecule has 1 atom stereocenters. The van der Waals surface area contributed by atoms with E-state index in [2.05, 4.69) is 28.3 Å². The van der Waals surface area contributed by atoms with E-state index in [1.54, 1.807) is 6.92 Å². The summed E-state index contributed by atoms with van der Waals surface area (Å²) in [5.41, 5.74) is 1.91. The number of carbonyl (C=O) groups excluding carboxylic acids is 1. The number of rotatable bonds is 5. The highest BCUT2D eigenvalue weighted by Crippen LogP contribution is 2.20. The number of nitrogens with one attached hydrogen (secondary N) is 2. The van der Waals surface area contributed by atoms with Crippen molar-refractivity contribution in [2.45, 2.75) is 32.9 Å². The number of fused-ring (bicyclic) bond motifs is 1. The Morgan fingerprint density at radius 1 is 1.40 bits per heavy atom. The number of aryl methyl sites for hydroxylation is 1. The molecule has 0 fully saturated rings. The minimum atomic E-state index is -0.307. The molecule has 0 saturated carbocycles. The van der Waals surface area contributed by atoms with Gasteiger partial charge in [-0.3, -0.25) is 0 Å². The zero-order chi connectivity index (χ0) is 14.5. The lowest BCUT2D eigenvalue weighted by Crippen LogP contribution is -2.38. The fourth-order valence-electron chi connectivity index (χ4n) is 2.15. The molecule has 2 amide bonds. The van der Waals surface area contributed by atoms with Gasteiger partial charge in [-0.05, 0) is 37.6 Å². The monoisotopic (exact) mass is 275 g/mol. The van der Waals surface area contributed by atoms with Gasteiger partial charge >= 0.3 is 6.03 Å². The number of aliphatic hydroxyl groups excluding tert-OH is 1. The average molecular weight is 275 g/mol. The zero-order valence-electron chi connectivity index (χ0n) is 11.9. The quantitative estimate of drug-likeness (QED) is 0.785. The number of urea groups is 1. The molecule has 1 unspecified atom stereocenters. The van der Waals surface area contributed by atoms with Gasteiger partial charge in [0.05, 0.1) is 12.6 Å². The number of amides is 2. The second-order valence-corrected chi connectivity index (χ2v) is 4.96. The van der Waals surface area contributed by atoms with Gasteiger partial charge in [0.2, 0.25) is 0 Å². The van der Waals surface area contributed by atoms with Crippen LogP contribution in [0.15, 0.2) is 30.5 Å². The molecular weight excluding hydrogens is 254 g/mol. The average Bonchev–Trinajstić information content (AvgIpc) is 2.81. The first-order chi connectivity index (χ1) is 9.63.